The molecule has 1 spiro atoms. The number of aliphatic hydroxyl groups is 1. The van der Waals surface area contributed by atoms with Crippen LogP contribution in [0.25, 0.3) is 0 Å². The van der Waals surface area contributed by atoms with Crippen LogP contribution in [0.1, 0.15) is 39.7 Å². The van der Waals surface area contributed by atoms with E-state index in [1.807, 2.05) is 44.2 Å². The SMILES string of the molecule is C=CCN(Cc1ccccc1)C(=O)C1N([C@@H](CO)C(C)C)C(=O)[C@@H]2[C@H](C(=O)OCC)[C@@H]3CC(C)C12S3. The number of fused-ring (bicyclic) bond motifs is 1. The summed E-state index contributed by atoms with van der Waals surface area (Å²) in [4.78, 5) is 45.2. The van der Waals surface area contributed by atoms with Crippen LogP contribution in [0.15, 0.2) is 43.0 Å². The molecular formula is C28H38N2O5S. The van der Waals surface area contributed by atoms with E-state index in [1.165, 1.54) is 0 Å². The van der Waals surface area contributed by atoms with Crippen molar-refractivity contribution in [1.29, 1.82) is 0 Å². The fraction of sp³-hybridized carbons (Fsp3) is 0.607. The summed E-state index contributed by atoms with van der Waals surface area (Å²) in [5.41, 5.74) is 0.987. The molecule has 1 aromatic carbocycles. The van der Waals surface area contributed by atoms with Gasteiger partial charge in [-0.1, -0.05) is 57.2 Å². The van der Waals surface area contributed by atoms with E-state index in [0.29, 0.717) is 13.1 Å². The number of hydrogen-bond acceptors (Lipinski definition) is 6. The molecule has 8 heteroatoms. The highest BCUT2D eigenvalue weighted by atomic mass is 32.2. The van der Waals surface area contributed by atoms with Crippen molar-refractivity contribution in [1.82, 2.24) is 9.80 Å². The van der Waals surface area contributed by atoms with Crippen molar-refractivity contribution in [2.24, 2.45) is 23.7 Å². The molecule has 3 aliphatic rings. The summed E-state index contributed by atoms with van der Waals surface area (Å²) in [6, 6.07) is 8.46. The molecule has 3 heterocycles. The average molecular weight is 515 g/mol. The van der Waals surface area contributed by atoms with E-state index in [0.717, 1.165) is 12.0 Å². The number of benzene rings is 1. The van der Waals surface area contributed by atoms with Gasteiger partial charge in [-0.05, 0) is 30.7 Å². The van der Waals surface area contributed by atoms with Gasteiger partial charge in [0.2, 0.25) is 11.8 Å². The van der Waals surface area contributed by atoms with Gasteiger partial charge in [-0.25, -0.2) is 0 Å². The van der Waals surface area contributed by atoms with E-state index in [2.05, 4.69) is 13.5 Å². The predicted molar refractivity (Wildman–Crippen MR) is 140 cm³/mol. The Morgan fingerprint density at radius 2 is 2.03 bits per heavy atom. The maximum absolute atomic E-state index is 14.5. The maximum Gasteiger partial charge on any atom is 0.310 e. The lowest BCUT2D eigenvalue weighted by Gasteiger charge is -2.42. The van der Waals surface area contributed by atoms with Crippen molar-refractivity contribution < 1.29 is 24.2 Å². The molecule has 0 aromatic heterocycles. The first-order valence-corrected chi connectivity index (χ1v) is 13.8. The molecule has 3 unspecified atom stereocenters. The van der Waals surface area contributed by atoms with E-state index in [4.69, 9.17) is 4.74 Å². The Morgan fingerprint density at radius 1 is 1.33 bits per heavy atom. The lowest BCUT2D eigenvalue weighted by molar-refractivity contribution is -0.154. The van der Waals surface area contributed by atoms with Gasteiger partial charge in [0, 0.05) is 18.3 Å². The zero-order valence-corrected chi connectivity index (χ0v) is 22.4. The number of aliphatic hydroxyl groups excluding tert-OH is 1. The Hall–Kier alpha value is -2.32. The first kappa shape index (κ1) is 26.7. The van der Waals surface area contributed by atoms with Crippen LogP contribution in [0.2, 0.25) is 0 Å². The van der Waals surface area contributed by atoms with Crippen LogP contribution in [0.3, 0.4) is 0 Å². The van der Waals surface area contributed by atoms with Gasteiger partial charge in [0.15, 0.2) is 0 Å². The van der Waals surface area contributed by atoms with Crippen molar-refractivity contribution >= 4 is 29.5 Å². The molecule has 7 atom stereocenters. The standard InChI is InChI=1S/C28H38N2O5S/c1-6-13-29(15-19-11-9-8-10-12-19)26(33)24-28-18(5)14-21(36-28)22(27(34)35-7-2)23(28)25(32)30(24)20(16-31)17(3)4/h6,8-12,17-18,20-24,31H,1,7,13-16H2,2-5H3/t18?,20-,21-,22+,23-,24?,28?/m0/s1. The van der Waals surface area contributed by atoms with Gasteiger partial charge in [0.05, 0.1) is 35.8 Å². The number of esters is 1. The summed E-state index contributed by atoms with van der Waals surface area (Å²) < 4.78 is 4.67. The van der Waals surface area contributed by atoms with Crippen molar-refractivity contribution in [3.05, 3.63) is 48.6 Å². The predicted octanol–water partition coefficient (Wildman–Crippen LogP) is 3.12. The molecule has 7 nitrogen and oxygen atoms in total. The molecule has 4 rings (SSSR count). The molecule has 196 valence electrons. The third-order valence-electron chi connectivity index (χ3n) is 8.17. The van der Waals surface area contributed by atoms with Gasteiger partial charge in [0.25, 0.3) is 0 Å². The largest absolute Gasteiger partial charge is 0.466 e. The number of rotatable bonds is 10. The molecule has 0 aliphatic carbocycles. The molecule has 36 heavy (non-hydrogen) atoms. The van der Waals surface area contributed by atoms with Crippen LogP contribution in [0.5, 0.6) is 0 Å². The van der Waals surface area contributed by atoms with E-state index in [-0.39, 0.29) is 48.1 Å². The molecule has 3 aliphatic heterocycles. The zero-order valence-electron chi connectivity index (χ0n) is 21.6. The average Bonchev–Trinajstić information content (AvgIpc) is 3.44. The Labute approximate surface area is 218 Å². The molecule has 0 radical (unpaired) electrons. The van der Waals surface area contributed by atoms with Crippen molar-refractivity contribution in [2.45, 2.75) is 62.7 Å². The first-order valence-electron chi connectivity index (χ1n) is 12.9. The summed E-state index contributed by atoms with van der Waals surface area (Å²) in [6.07, 6.45) is 2.45. The van der Waals surface area contributed by atoms with E-state index in [9.17, 15) is 19.5 Å². The van der Waals surface area contributed by atoms with Crippen molar-refractivity contribution in [3.8, 4) is 0 Å². The molecule has 2 amide bonds. The van der Waals surface area contributed by atoms with Crippen molar-refractivity contribution in [2.75, 3.05) is 19.8 Å². The monoisotopic (exact) mass is 514 g/mol. The van der Waals surface area contributed by atoms with E-state index >= 15 is 0 Å². The Bertz CT molecular complexity index is 1000. The molecule has 1 aromatic rings. The topological polar surface area (TPSA) is 87.2 Å². The second-order valence-corrected chi connectivity index (χ2v) is 12.1. The Balaban J connectivity index is 1.81. The zero-order chi connectivity index (χ0) is 26.2. The maximum atomic E-state index is 14.5. The molecule has 2 bridgehead atoms. The van der Waals surface area contributed by atoms with Gasteiger partial charge in [-0.15, -0.1) is 18.3 Å². The number of nitrogens with zero attached hydrogens (tertiary/aromatic N) is 2. The minimum atomic E-state index is -0.775. The minimum Gasteiger partial charge on any atom is -0.466 e. The highest BCUT2D eigenvalue weighted by Crippen LogP contribution is 2.69. The number of amides is 2. The van der Waals surface area contributed by atoms with Gasteiger partial charge in [-0.2, -0.15) is 0 Å². The summed E-state index contributed by atoms with van der Waals surface area (Å²) in [5, 5.41) is 10.3. The van der Waals surface area contributed by atoms with Gasteiger partial charge in [0.1, 0.15) is 6.04 Å². The van der Waals surface area contributed by atoms with Crippen molar-refractivity contribution in [3.63, 3.8) is 0 Å². The number of ether oxygens (including phenoxy) is 1. The molecular weight excluding hydrogens is 476 g/mol. The lowest BCUT2D eigenvalue weighted by Crippen LogP contribution is -2.59. The normalized spacial score (nSPS) is 31.4. The highest BCUT2D eigenvalue weighted by Gasteiger charge is 2.77. The van der Waals surface area contributed by atoms with E-state index < -0.39 is 28.7 Å². The third-order valence-corrected chi connectivity index (χ3v) is 10.2. The fourth-order valence-corrected chi connectivity index (χ4v) is 8.98. The summed E-state index contributed by atoms with van der Waals surface area (Å²) in [5.74, 6) is -1.94. The quantitative estimate of drug-likeness (QED) is 0.381. The summed E-state index contributed by atoms with van der Waals surface area (Å²) >= 11 is 1.63. The Morgan fingerprint density at radius 3 is 2.61 bits per heavy atom. The van der Waals surface area contributed by atoms with Crippen LogP contribution in [0.4, 0.5) is 0 Å². The summed E-state index contributed by atoms with van der Waals surface area (Å²) in [6.45, 7) is 12.3. The second-order valence-electron chi connectivity index (χ2n) is 10.5. The minimum absolute atomic E-state index is 0.0555. The number of carbonyl (C=O) groups is 3. The van der Waals surface area contributed by atoms with E-state index in [1.54, 1.807) is 34.6 Å². The van der Waals surface area contributed by atoms with Crippen LogP contribution in [-0.4, -0.2) is 74.5 Å². The Kier molecular flexibility index (Phi) is 7.86. The number of hydrogen-bond donors (Lipinski definition) is 1. The van der Waals surface area contributed by atoms with Gasteiger partial charge < -0.3 is 19.6 Å². The van der Waals surface area contributed by atoms with Gasteiger partial charge in [-0.3, -0.25) is 14.4 Å². The van der Waals surface area contributed by atoms with Crippen LogP contribution in [-0.2, 0) is 25.7 Å². The fourth-order valence-electron chi connectivity index (χ4n) is 6.59. The van der Waals surface area contributed by atoms with Crippen LogP contribution >= 0.6 is 11.8 Å². The molecule has 1 N–H and O–H groups in total. The van der Waals surface area contributed by atoms with Crippen LogP contribution < -0.4 is 0 Å². The number of likely N-dealkylation sites (tertiary alicyclic amines) is 1. The smallest absolute Gasteiger partial charge is 0.310 e. The van der Waals surface area contributed by atoms with Gasteiger partial charge >= 0.3 is 5.97 Å². The molecule has 0 saturated carbocycles. The van der Waals surface area contributed by atoms with Crippen LogP contribution in [0, 0.1) is 23.7 Å². The first-order chi connectivity index (χ1) is 17.2. The molecule has 3 fully saturated rings. The second kappa shape index (κ2) is 10.6. The number of thioether (sulfide) groups is 1. The number of carbonyl (C=O) groups excluding carboxylic acids is 3. The summed E-state index contributed by atoms with van der Waals surface area (Å²) in [7, 11) is 0. The molecule has 3 saturated heterocycles. The third kappa shape index (κ3) is 4.16. The lowest BCUT2D eigenvalue weighted by atomic mass is 9.66. The highest BCUT2D eigenvalue weighted by molar-refractivity contribution is 8.02.